The van der Waals surface area contributed by atoms with Crippen molar-refractivity contribution in [2.24, 2.45) is 0 Å². The number of nitrogens with one attached hydrogen (secondary N) is 1. The summed E-state index contributed by atoms with van der Waals surface area (Å²) in [5.74, 6) is -0.407. The Morgan fingerprint density at radius 1 is 1.32 bits per heavy atom. The van der Waals surface area contributed by atoms with Gasteiger partial charge in [-0.15, -0.1) is 11.3 Å². The summed E-state index contributed by atoms with van der Waals surface area (Å²) in [5.41, 5.74) is 0.738. The van der Waals surface area contributed by atoms with Crippen LogP contribution in [0.4, 0.5) is 4.39 Å². The van der Waals surface area contributed by atoms with Gasteiger partial charge in [-0.25, -0.2) is 4.39 Å². The molecule has 0 unspecified atom stereocenters. The van der Waals surface area contributed by atoms with E-state index in [1.54, 1.807) is 36.5 Å². The van der Waals surface area contributed by atoms with E-state index in [2.05, 4.69) is 10.5 Å². The molecule has 0 aliphatic heterocycles. The molecule has 0 radical (unpaired) electrons. The number of carbonyl (C=O) groups is 1. The quantitative estimate of drug-likeness (QED) is 0.797. The number of carbonyl (C=O) groups excluding carboxylic acids is 1. The summed E-state index contributed by atoms with van der Waals surface area (Å²) < 4.78 is 19.0. The van der Waals surface area contributed by atoms with Crippen molar-refractivity contribution in [3.63, 3.8) is 0 Å². The van der Waals surface area contributed by atoms with Crippen LogP contribution in [0.3, 0.4) is 0 Å². The first-order chi connectivity index (χ1) is 10.7. The molecule has 0 atom stereocenters. The fraction of sp³-hybridized carbons (Fsp3) is 0.125. The molecule has 6 heteroatoms. The number of aromatic nitrogens is 1. The van der Waals surface area contributed by atoms with Crippen LogP contribution in [0.2, 0.25) is 0 Å². The standard InChI is InChI=1S/C16H13FN2O2S/c1-10-14(16(20)18-9-11-5-4-8-22-11)15(19-21-10)12-6-2-3-7-13(12)17/h2-8H,9H2,1H3,(H,18,20). The van der Waals surface area contributed by atoms with Crippen molar-refractivity contribution in [1.82, 2.24) is 10.5 Å². The van der Waals surface area contributed by atoms with E-state index in [9.17, 15) is 9.18 Å². The highest BCUT2D eigenvalue weighted by molar-refractivity contribution is 7.09. The molecule has 22 heavy (non-hydrogen) atoms. The maximum Gasteiger partial charge on any atom is 0.257 e. The Hall–Kier alpha value is -2.47. The van der Waals surface area contributed by atoms with Crippen molar-refractivity contribution in [2.75, 3.05) is 0 Å². The summed E-state index contributed by atoms with van der Waals surface area (Å²) in [6, 6.07) is 10.0. The molecular formula is C16H13FN2O2S. The van der Waals surface area contributed by atoms with Crippen molar-refractivity contribution in [3.05, 3.63) is 63.8 Å². The molecule has 3 rings (SSSR count). The van der Waals surface area contributed by atoms with E-state index in [1.807, 2.05) is 17.5 Å². The summed E-state index contributed by atoms with van der Waals surface area (Å²) in [6.07, 6.45) is 0. The van der Waals surface area contributed by atoms with Crippen LogP contribution >= 0.6 is 11.3 Å². The molecule has 2 aromatic heterocycles. The summed E-state index contributed by atoms with van der Waals surface area (Å²) in [5, 5.41) is 8.59. The van der Waals surface area contributed by atoms with Gasteiger partial charge >= 0.3 is 0 Å². The molecule has 1 N–H and O–H groups in total. The lowest BCUT2D eigenvalue weighted by Crippen LogP contribution is -2.23. The number of amides is 1. The Morgan fingerprint density at radius 2 is 2.14 bits per heavy atom. The van der Waals surface area contributed by atoms with Crippen LogP contribution in [-0.2, 0) is 6.54 Å². The molecule has 0 saturated carbocycles. The highest BCUT2D eigenvalue weighted by Crippen LogP contribution is 2.27. The fourth-order valence-corrected chi connectivity index (χ4v) is 2.79. The number of rotatable bonds is 4. The lowest BCUT2D eigenvalue weighted by Gasteiger charge is -2.05. The molecule has 0 fully saturated rings. The Bertz CT molecular complexity index is 796. The van der Waals surface area contributed by atoms with Crippen LogP contribution in [0.1, 0.15) is 21.0 Å². The highest BCUT2D eigenvalue weighted by atomic mass is 32.1. The predicted octanol–water partition coefficient (Wildman–Crippen LogP) is 3.78. The van der Waals surface area contributed by atoms with E-state index in [0.29, 0.717) is 12.3 Å². The fourth-order valence-electron chi connectivity index (χ4n) is 2.15. The number of thiophene rings is 1. The number of aryl methyl sites for hydroxylation is 1. The van der Waals surface area contributed by atoms with Gasteiger partial charge in [-0.2, -0.15) is 0 Å². The second-order valence-corrected chi connectivity index (χ2v) is 5.74. The molecule has 0 spiro atoms. The Balaban J connectivity index is 1.89. The molecular weight excluding hydrogens is 303 g/mol. The molecule has 112 valence electrons. The Morgan fingerprint density at radius 3 is 2.86 bits per heavy atom. The largest absolute Gasteiger partial charge is 0.360 e. The van der Waals surface area contributed by atoms with Crippen LogP contribution in [0.5, 0.6) is 0 Å². The van der Waals surface area contributed by atoms with E-state index in [-0.39, 0.29) is 22.7 Å². The van der Waals surface area contributed by atoms with Gasteiger partial charge in [-0.1, -0.05) is 23.4 Å². The molecule has 4 nitrogen and oxygen atoms in total. The minimum atomic E-state index is -0.442. The lowest BCUT2D eigenvalue weighted by molar-refractivity contribution is 0.0950. The maximum atomic E-state index is 13.9. The molecule has 1 aromatic carbocycles. The first-order valence-electron chi connectivity index (χ1n) is 6.68. The van der Waals surface area contributed by atoms with Crippen molar-refractivity contribution in [1.29, 1.82) is 0 Å². The lowest BCUT2D eigenvalue weighted by atomic mass is 10.1. The predicted molar refractivity (Wildman–Crippen MR) is 82.1 cm³/mol. The van der Waals surface area contributed by atoms with Gasteiger partial charge in [0.25, 0.3) is 5.91 Å². The molecule has 0 saturated heterocycles. The number of benzene rings is 1. The van der Waals surface area contributed by atoms with Gasteiger partial charge in [0, 0.05) is 10.4 Å². The highest BCUT2D eigenvalue weighted by Gasteiger charge is 2.23. The zero-order chi connectivity index (χ0) is 15.5. The van der Waals surface area contributed by atoms with E-state index < -0.39 is 5.82 Å². The summed E-state index contributed by atoms with van der Waals surface area (Å²) >= 11 is 1.56. The SMILES string of the molecule is Cc1onc(-c2ccccc2F)c1C(=O)NCc1cccs1. The third kappa shape index (κ3) is 2.78. The second-order valence-electron chi connectivity index (χ2n) is 4.70. The van der Waals surface area contributed by atoms with Gasteiger partial charge in [0.15, 0.2) is 0 Å². The number of hydrogen-bond acceptors (Lipinski definition) is 4. The third-order valence-electron chi connectivity index (χ3n) is 3.22. The average Bonchev–Trinajstić information content (AvgIpc) is 3.15. The van der Waals surface area contributed by atoms with Gasteiger partial charge < -0.3 is 9.84 Å². The van der Waals surface area contributed by atoms with E-state index in [0.717, 1.165) is 4.88 Å². The minimum absolute atomic E-state index is 0.222. The van der Waals surface area contributed by atoms with Crippen molar-refractivity contribution >= 4 is 17.2 Å². The van der Waals surface area contributed by atoms with Crippen LogP contribution < -0.4 is 5.32 Å². The zero-order valence-electron chi connectivity index (χ0n) is 11.8. The maximum absolute atomic E-state index is 13.9. The first kappa shape index (κ1) is 14.5. The third-order valence-corrected chi connectivity index (χ3v) is 4.10. The smallest absolute Gasteiger partial charge is 0.257 e. The molecule has 2 heterocycles. The first-order valence-corrected chi connectivity index (χ1v) is 7.56. The molecule has 0 aliphatic rings. The van der Waals surface area contributed by atoms with E-state index >= 15 is 0 Å². The van der Waals surface area contributed by atoms with Gasteiger partial charge in [0.05, 0.1) is 6.54 Å². The van der Waals surface area contributed by atoms with Crippen LogP contribution in [0.15, 0.2) is 46.3 Å². The Labute approximate surface area is 130 Å². The van der Waals surface area contributed by atoms with Gasteiger partial charge in [-0.05, 0) is 30.5 Å². The topological polar surface area (TPSA) is 55.1 Å². The normalized spacial score (nSPS) is 10.6. The summed E-state index contributed by atoms with van der Waals surface area (Å²) in [4.78, 5) is 13.4. The molecule has 0 aliphatic carbocycles. The van der Waals surface area contributed by atoms with E-state index in [1.165, 1.54) is 6.07 Å². The average molecular weight is 316 g/mol. The summed E-state index contributed by atoms with van der Waals surface area (Å²) in [7, 11) is 0. The molecule has 1 amide bonds. The minimum Gasteiger partial charge on any atom is -0.360 e. The van der Waals surface area contributed by atoms with Gasteiger partial charge in [-0.3, -0.25) is 4.79 Å². The van der Waals surface area contributed by atoms with Crippen LogP contribution in [0.25, 0.3) is 11.3 Å². The van der Waals surface area contributed by atoms with Crippen LogP contribution in [0, 0.1) is 12.7 Å². The monoisotopic (exact) mass is 316 g/mol. The van der Waals surface area contributed by atoms with Crippen molar-refractivity contribution < 1.29 is 13.7 Å². The number of hydrogen-bond donors (Lipinski definition) is 1. The zero-order valence-corrected chi connectivity index (χ0v) is 12.6. The molecule has 0 bridgehead atoms. The summed E-state index contributed by atoms with van der Waals surface area (Å²) in [6.45, 7) is 2.05. The van der Waals surface area contributed by atoms with Crippen molar-refractivity contribution in [3.8, 4) is 11.3 Å². The number of nitrogens with zero attached hydrogens (tertiary/aromatic N) is 1. The Kier molecular flexibility index (Phi) is 4.02. The second kappa shape index (κ2) is 6.11. The van der Waals surface area contributed by atoms with Crippen LogP contribution in [-0.4, -0.2) is 11.1 Å². The number of halogens is 1. The van der Waals surface area contributed by atoms with Crippen molar-refractivity contribution in [2.45, 2.75) is 13.5 Å². The molecule has 3 aromatic rings. The van der Waals surface area contributed by atoms with Gasteiger partial charge in [0.1, 0.15) is 22.8 Å². The van der Waals surface area contributed by atoms with E-state index in [4.69, 9.17) is 4.52 Å². The van der Waals surface area contributed by atoms with Gasteiger partial charge in [0.2, 0.25) is 0 Å².